The molecule has 0 atom stereocenters. The highest BCUT2D eigenvalue weighted by Gasteiger charge is 1.96. The van der Waals surface area contributed by atoms with Crippen molar-refractivity contribution in [3.63, 3.8) is 0 Å². The molecule has 0 aliphatic carbocycles. The Morgan fingerprint density at radius 2 is 1.50 bits per heavy atom. The molecule has 2 rings (SSSR count). The molecule has 0 aliphatic heterocycles. The first kappa shape index (κ1) is 14.8. The lowest BCUT2D eigenvalue weighted by Crippen LogP contribution is -1.84. The quantitative estimate of drug-likeness (QED) is 0.646. The van der Waals surface area contributed by atoms with E-state index in [0.29, 0.717) is 0 Å². The van der Waals surface area contributed by atoms with Gasteiger partial charge in [0.2, 0.25) is 0 Å². The lowest BCUT2D eigenvalue weighted by molar-refractivity contribution is 1.13. The monoisotopic (exact) mass is 258 g/mol. The van der Waals surface area contributed by atoms with Crippen LogP contribution in [0.15, 0.2) is 59.5 Å². The van der Waals surface area contributed by atoms with Crippen LogP contribution in [0.5, 0.6) is 0 Å². The van der Waals surface area contributed by atoms with Crippen LogP contribution < -0.4 is 0 Å². The number of aryl methyl sites for hydroxylation is 1. The zero-order valence-corrected chi connectivity index (χ0v) is 12.3. The molecular formula is C17H22S. The smallest absolute Gasteiger partial charge is 0.0232 e. The average Bonchev–Trinajstić information content (AvgIpc) is 2.48. The molecule has 18 heavy (non-hydrogen) atoms. The lowest BCUT2D eigenvalue weighted by atomic mass is 10.1. The van der Waals surface area contributed by atoms with E-state index in [-0.39, 0.29) is 0 Å². The van der Waals surface area contributed by atoms with Gasteiger partial charge in [-0.25, -0.2) is 0 Å². The standard InChI is InChI=1S/C15H16S.C2H6/c1-2-13-7-6-8-14(11-13)12-16-15-9-4-3-5-10-15;1-2/h3-11H,2,12H2,1H3;1-2H3. The van der Waals surface area contributed by atoms with Crippen LogP contribution in [-0.4, -0.2) is 0 Å². The fraction of sp³-hybridized carbons (Fsp3) is 0.294. The van der Waals surface area contributed by atoms with Crippen LogP contribution in [0, 0.1) is 0 Å². The Hall–Kier alpha value is -1.21. The first-order valence-corrected chi connectivity index (χ1v) is 7.62. The van der Waals surface area contributed by atoms with Crippen molar-refractivity contribution < 1.29 is 0 Å². The Morgan fingerprint density at radius 1 is 0.833 bits per heavy atom. The largest absolute Gasteiger partial charge is 0.121 e. The summed E-state index contributed by atoms with van der Waals surface area (Å²) >= 11 is 1.89. The second-order valence-corrected chi connectivity index (χ2v) is 4.82. The molecule has 0 nitrogen and oxygen atoms in total. The second-order valence-electron chi connectivity index (χ2n) is 3.78. The molecule has 0 aliphatic rings. The molecule has 0 spiro atoms. The van der Waals surface area contributed by atoms with Crippen molar-refractivity contribution in [2.45, 2.75) is 37.8 Å². The minimum Gasteiger partial charge on any atom is -0.121 e. The van der Waals surface area contributed by atoms with Gasteiger partial charge < -0.3 is 0 Å². The van der Waals surface area contributed by atoms with Gasteiger partial charge in [-0.05, 0) is 29.7 Å². The molecule has 0 amide bonds. The van der Waals surface area contributed by atoms with Crippen LogP contribution in [0.3, 0.4) is 0 Å². The fourth-order valence-electron chi connectivity index (χ4n) is 1.62. The van der Waals surface area contributed by atoms with Crippen molar-refractivity contribution in [1.29, 1.82) is 0 Å². The van der Waals surface area contributed by atoms with Crippen molar-refractivity contribution >= 4 is 11.8 Å². The van der Waals surface area contributed by atoms with Crippen LogP contribution in [0.2, 0.25) is 0 Å². The summed E-state index contributed by atoms with van der Waals surface area (Å²) in [7, 11) is 0. The number of benzene rings is 2. The van der Waals surface area contributed by atoms with Gasteiger partial charge in [-0.1, -0.05) is 63.2 Å². The van der Waals surface area contributed by atoms with Crippen LogP contribution in [0.1, 0.15) is 31.9 Å². The Labute approximate surface area is 115 Å². The molecule has 0 saturated heterocycles. The minimum atomic E-state index is 1.05. The van der Waals surface area contributed by atoms with Crippen LogP contribution in [0.4, 0.5) is 0 Å². The third-order valence-electron chi connectivity index (χ3n) is 2.55. The maximum atomic E-state index is 2.30. The molecule has 0 aromatic heterocycles. The van der Waals surface area contributed by atoms with Gasteiger partial charge in [-0.3, -0.25) is 0 Å². The van der Waals surface area contributed by atoms with E-state index < -0.39 is 0 Å². The molecule has 0 saturated carbocycles. The molecular weight excluding hydrogens is 236 g/mol. The first-order valence-electron chi connectivity index (χ1n) is 6.64. The Balaban J connectivity index is 0.000000771. The van der Waals surface area contributed by atoms with Gasteiger partial charge in [0.25, 0.3) is 0 Å². The lowest BCUT2D eigenvalue weighted by Gasteiger charge is -2.03. The van der Waals surface area contributed by atoms with Gasteiger partial charge in [-0.15, -0.1) is 11.8 Å². The number of hydrogen-bond acceptors (Lipinski definition) is 1. The van der Waals surface area contributed by atoms with Crippen molar-refractivity contribution in [3.05, 3.63) is 65.7 Å². The van der Waals surface area contributed by atoms with Crippen LogP contribution >= 0.6 is 11.8 Å². The van der Waals surface area contributed by atoms with Crippen molar-refractivity contribution in [3.8, 4) is 0 Å². The summed E-state index contributed by atoms with van der Waals surface area (Å²) in [5, 5.41) is 0. The molecule has 0 N–H and O–H groups in total. The third-order valence-corrected chi connectivity index (χ3v) is 3.63. The highest BCUT2D eigenvalue weighted by atomic mass is 32.2. The molecule has 2 aromatic rings. The predicted molar refractivity (Wildman–Crippen MR) is 83.2 cm³/mol. The number of hydrogen-bond donors (Lipinski definition) is 0. The zero-order chi connectivity index (χ0) is 13.2. The summed E-state index contributed by atoms with van der Waals surface area (Å²) in [5.74, 6) is 1.05. The predicted octanol–water partition coefficient (Wildman–Crippen LogP) is 5.57. The highest BCUT2D eigenvalue weighted by molar-refractivity contribution is 7.98. The Kier molecular flexibility index (Phi) is 7.28. The van der Waals surface area contributed by atoms with Gasteiger partial charge in [0, 0.05) is 10.6 Å². The zero-order valence-electron chi connectivity index (χ0n) is 11.5. The van der Waals surface area contributed by atoms with Crippen molar-refractivity contribution in [1.82, 2.24) is 0 Å². The van der Waals surface area contributed by atoms with E-state index in [4.69, 9.17) is 0 Å². The molecule has 0 heterocycles. The van der Waals surface area contributed by atoms with E-state index in [1.165, 1.54) is 16.0 Å². The van der Waals surface area contributed by atoms with E-state index in [0.717, 1.165) is 12.2 Å². The molecule has 1 heteroatoms. The van der Waals surface area contributed by atoms with E-state index in [1.807, 2.05) is 25.6 Å². The first-order chi connectivity index (χ1) is 8.88. The van der Waals surface area contributed by atoms with Crippen molar-refractivity contribution in [2.24, 2.45) is 0 Å². The fourth-order valence-corrected chi connectivity index (χ4v) is 2.49. The highest BCUT2D eigenvalue weighted by Crippen LogP contribution is 2.22. The molecule has 0 radical (unpaired) electrons. The van der Waals surface area contributed by atoms with Gasteiger partial charge >= 0.3 is 0 Å². The maximum Gasteiger partial charge on any atom is 0.0232 e. The normalized spacial score (nSPS) is 9.50. The third kappa shape index (κ3) is 4.97. The molecule has 96 valence electrons. The number of rotatable bonds is 4. The summed E-state index contributed by atoms with van der Waals surface area (Å²) in [6.45, 7) is 6.20. The summed E-state index contributed by atoms with van der Waals surface area (Å²) in [4.78, 5) is 1.34. The van der Waals surface area contributed by atoms with Crippen molar-refractivity contribution in [2.75, 3.05) is 0 Å². The Bertz CT molecular complexity index is 434. The van der Waals surface area contributed by atoms with Gasteiger partial charge in [0.1, 0.15) is 0 Å². The topological polar surface area (TPSA) is 0 Å². The summed E-state index contributed by atoms with van der Waals surface area (Å²) in [6, 6.07) is 19.4. The summed E-state index contributed by atoms with van der Waals surface area (Å²) in [6.07, 6.45) is 1.11. The van der Waals surface area contributed by atoms with E-state index in [2.05, 4.69) is 61.5 Å². The Morgan fingerprint density at radius 3 is 2.17 bits per heavy atom. The maximum absolute atomic E-state index is 2.30. The van der Waals surface area contributed by atoms with E-state index in [1.54, 1.807) is 0 Å². The van der Waals surface area contributed by atoms with Crippen LogP contribution in [0.25, 0.3) is 0 Å². The minimum absolute atomic E-state index is 1.05. The molecule has 0 fully saturated rings. The molecule has 0 bridgehead atoms. The molecule has 2 aromatic carbocycles. The van der Waals surface area contributed by atoms with Crippen LogP contribution in [-0.2, 0) is 12.2 Å². The second kappa shape index (κ2) is 8.82. The van der Waals surface area contributed by atoms with Gasteiger partial charge in [0.05, 0.1) is 0 Å². The summed E-state index contributed by atoms with van der Waals surface area (Å²) in [5.41, 5.74) is 2.83. The van der Waals surface area contributed by atoms with E-state index in [9.17, 15) is 0 Å². The molecule has 0 unspecified atom stereocenters. The average molecular weight is 258 g/mol. The van der Waals surface area contributed by atoms with Gasteiger partial charge in [0.15, 0.2) is 0 Å². The van der Waals surface area contributed by atoms with Gasteiger partial charge in [-0.2, -0.15) is 0 Å². The van der Waals surface area contributed by atoms with E-state index >= 15 is 0 Å². The number of thioether (sulfide) groups is 1. The SMILES string of the molecule is CC.CCc1cccc(CSc2ccccc2)c1. The summed E-state index contributed by atoms with van der Waals surface area (Å²) < 4.78 is 0.